The van der Waals surface area contributed by atoms with Gasteiger partial charge in [0, 0.05) is 48.6 Å². The molecule has 3 aromatic carbocycles. The smallest absolute Gasteiger partial charge is 0.246 e. The third kappa shape index (κ3) is 6.70. The molecular weight excluding hydrogens is 530 g/mol. The summed E-state index contributed by atoms with van der Waals surface area (Å²) < 4.78 is 0. The van der Waals surface area contributed by atoms with E-state index in [0.717, 1.165) is 22.0 Å². The van der Waals surface area contributed by atoms with E-state index < -0.39 is 23.9 Å². The van der Waals surface area contributed by atoms with Gasteiger partial charge in [-0.15, -0.1) is 0 Å². The Bertz CT molecular complexity index is 1610. The lowest BCUT2D eigenvalue weighted by Gasteiger charge is -2.36. The third-order valence-electron chi connectivity index (χ3n) is 7.49. The molecule has 0 aliphatic carbocycles. The molecule has 0 bridgehead atoms. The van der Waals surface area contributed by atoms with E-state index in [9.17, 15) is 19.2 Å². The molecule has 0 spiro atoms. The van der Waals surface area contributed by atoms with Gasteiger partial charge < -0.3 is 21.3 Å². The Morgan fingerprint density at radius 2 is 1.67 bits per heavy atom. The lowest BCUT2D eigenvalue weighted by atomic mass is 9.92. The monoisotopic (exact) mass is 563 g/mol. The second kappa shape index (κ2) is 13.2. The van der Waals surface area contributed by atoms with Crippen LogP contribution in [0.1, 0.15) is 40.7 Å². The number of amides is 3. The van der Waals surface area contributed by atoms with Crippen LogP contribution in [-0.2, 0) is 27.3 Å². The zero-order chi connectivity index (χ0) is 29.5. The van der Waals surface area contributed by atoms with Gasteiger partial charge in [-0.2, -0.15) is 0 Å². The van der Waals surface area contributed by atoms with Crippen molar-refractivity contribution in [1.82, 2.24) is 15.2 Å². The number of hydrogen-bond acceptors (Lipinski definition) is 6. The minimum atomic E-state index is -0.902. The van der Waals surface area contributed by atoms with Gasteiger partial charge in [0.25, 0.3) is 0 Å². The molecule has 9 heteroatoms. The van der Waals surface area contributed by atoms with Gasteiger partial charge in [0.2, 0.25) is 17.7 Å². The van der Waals surface area contributed by atoms with Crippen molar-refractivity contribution in [2.24, 2.45) is 5.73 Å². The Morgan fingerprint density at radius 1 is 0.905 bits per heavy atom. The first kappa shape index (κ1) is 28.6. The van der Waals surface area contributed by atoms with Crippen LogP contribution in [0.25, 0.3) is 10.9 Å². The lowest BCUT2D eigenvalue weighted by molar-refractivity contribution is -0.142. The van der Waals surface area contributed by atoms with E-state index in [1.54, 1.807) is 36.5 Å². The van der Waals surface area contributed by atoms with Crippen LogP contribution in [0.4, 0.5) is 5.69 Å². The van der Waals surface area contributed by atoms with Crippen LogP contribution >= 0.6 is 0 Å². The molecule has 4 aromatic rings. The topological polar surface area (TPSA) is 134 Å². The molecule has 0 saturated heterocycles. The minimum absolute atomic E-state index is 0.0246. The standard InChI is InChI=1S/C33H33N5O4/c34-17-16-28(32(41)36-26-12-13-27-24(19-26)11-6-18-35-27)37-33(42)29-20-23-9-4-5-10-25(23)21-38(29)31(40)15-14-30(39)22-7-2-1-3-8-22/h1-13,18-19,28-29H,14-17,20-21,34H2,(H,36,41)(H,37,42)/t28-,29-/m0/s1. The molecule has 9 nitrogen and oxygen atoms in total. The Hall–Kier alpha value is -4.89. The predicted octanol–water partition coefficient (Wildman–Crippen LogP) is 3.62. The fourth-order valence-corrected chi connectivity index (χ4v) is 5.24. The normalized spacial score (nSPS) is 15.0. The highest BCUT2D eigenvalue weighted by atomic mass is 16.2. The van der Waals surface area contributed by atoms with E-state index in [2.05, 4.69) is 15.6 Å². The van der Waals surface area contributed by atoms with Gasteiger partial charge in [0.15, 0.2) is 5.78 Å². The number of ketones is 1. The van der Waals surface area contributed by atoms with Crippen molar-refractivity contribution in [3.63, 3.8) is 0 Å². The number of fused-ring (bicyclic) bond motifs is 2. The maximum atomic E-state index is 13.7. The molecule has 5 rings (SSSR count). The molecule has 0 saturated carbocycles. The zero-order valence-electron chi connectivity index (χ0n) is 23.2. The summed E-state index contributed by atoms with van der Waals surface area (Å²) >= 11 is 0. The van der Waals surface area contributed by atoms with Crippen molar-refractivity contribution in [2.45, 2.75) is 44.3 Å². The van der Waals surface area contributed by atoms with E-state index in [-0.39, 0.29) is 44.0 Å². The molecule has 0 fully saturated rings. The number of aromatic nitrogens is 1. The number of carbonyl (C=O) groups excluding carboxylic acids is 4. The number of rotatable bonds is 10. The Kier molecular flexibility index (Phi) is 8.99. The maximum Gasteiger partial charge on any atom is 0.246 e. The van der Waals surface area contributed by atoms with Gasteiger partial charge in [0.05, 0.1) is 5.52 Å². The first-order valence-corrected chi connectivity index (χ1v) is 14.0. The van der Waals surface area contributed by atoms with Crippen molar-refractivity contribution in [3.05, 3.63) is 108 Å². The summed E-state index contributed by atoms with van der Waals surface area (Å²) in [5.74, 6) is -1.27. The Labute approximate surface area is 244 Å². The number of anilines is 1. The molecule has 4 N–H and O–H groups in total. The Morgan fingerprint density at radius 3 is 2.45 bits per heavy atom. The van der Waals surface area contributed by atoms with Gasteiger partial charge in [-0.3, -0.25) is 24.2 Å². The number of Topliss-reactive ketones (excluding diaryl/α,β-unsaturated/α-hetero) is 1. The van der Waals surface area contributed by atoms with Crippen LogP contribution in [-0.4, -0.2) is 52.0 Å². The van der Waals surface area contributed by atoms with Gasteiger partial charge in [-0.1, -0.05) is 60.7 Å². The summed E-state index contributed by atoms with van der Waals surface area (Å²) in [4.78, 5) is 58.9. The molecule has 2 atom stereocenters. The number of nitrogens with one attached hydrogen (secondary N) is 2. The molecule has 1 aliphatic rings. The Balaban J connectivity index is 1.30. The molecule has 1 aromatic heterocycles. The van der Waals surface area contributed by atoms with Gasteiger partial charge in [-0.05, 0) is 48.4 Å². The van der Waals surface area contributed by atoms with Crippen molar-refractivity contribution in [1.29, 1.82) is 0 Å². The molecule has 214 valence electrons. The third-order valence-corrected chi connectivity index (χ3v) is 7.49. The lowest BCUT2D eigenvalue weighted by Crippen LogP contribution is -2.56. The number of carbonyl (C=O) groups is 4. The first-order valence-electron chi connectivity index (χ1n) is 14.0. The van der Waals surface area contributed by atoms with E-state index in [1.807, 2.05) is 54.6 Å². The molecule has 1 aliphatic heterocycles. The quantitative estimate of drug-likeness (QED) is 0.252. The number of nitrogens with zero attached hydrogens (tertiary/aromatic N) is 2. The van der Waals surface area contributed by atoms with Crippen molar-refractivity contribution in [3.8, 4) is 0 Å². The van der Waals surface area contributed by atoms with E-state index in [0.29, 0.717) is 17.7 Å². The predicted molar refractivity (Wildman–Crippen MR) is 160 cm³/mol. The van der Waals surface area contributed by atoms with Crippen molar-refractivity contribution < 1.29 is 19.2 Å². The first-order chi connectivity index (χ1) is 20.4. The minimum Gasteiger partial charge on any atom is -0.342 e. The van der Waals surface area contributed by atoms with Gasteiger partial charge in [0.1, 0.15) is 12.1 Å². The second-order valence-corrected chi connectivity index (χ2v) is 10.3. The zero-order valence-corrected chi connectivity index (χ0v) is 23.2. The van der Waals surface area contributed by atoms with Crippen LogP contribution in [0.5, 0.6) is 0 Å². The highest BCUT2D eigenvalue weighted by molar-refractivity contribution is 6.00. The van der Waals surface area contributed by atoms with E-state index >= 15 is 0 Å². The molecular formula is C33H33N5O4. The van der Waals surface area contributed by atoms with Crippen LogP contribution < -0.4 is 16.4 Å². The SMILES string of the molecule is NCC[C@H](NC(=O)[C@@H]1Cc2ccccc2CN1C(=O)CCC(=O)c1ccccc1)C(=O)Nc1ccc2ncccc2c1. The number of benzene rings is 3. The summed E-state index contributed by atoms with van der Waals surface area (Å²) in [6.45, 7) is 0.420. The average molecular weight is 564 g/mol. The summed E-state index contributed by atoms with van der Waals surface area (Å²) in [6.07, 6.45) is 2.23. The molecule has 3 amide bonds. The molecule has 0 unspecified atom stereocenters. The summed E-state index contributed by atoms with van der Waals surface area (Å²) in [7, 11) is 0. The molecule has 0 radical (unpaired) electrons. The fourth-order valence-electron chi connectivity index (χ4n) is 5.24. The maximum absolute atomic E-state index is 13.7. The summed E-state index contributed by atoms with van der Waals surface area (Å²) in [6, 6.07) is 23.9. The highest BCUT2D eigenvalue weighted by Crippen LogP contribution is 2.25. The second-order valence-electron chi connectivity index (χ2n) is 10.3. The highest BCUT2D eigenvalue weighted by Gasteiger charge is 2.36. The largest absolute Gasteiger partial charge is 0.342 e. The van der Waals surface area contributed by atoms with E-state index in [4.69, 9.17) is 5.73 Å². The van der Waals surface area contributed by atoms with Crippen LogP contribution in [0.15, 0.2) is 91.1 Å². The number of hydrogen-bond donors (Lipinski definition) is 3. The molecule has 42 heavy (non-hydrogen) atoms. The van der Waals surface area contributed by atoms with Crippen molar-refractivity contribution in [2.75, 3.05) is 11.9 Å². The van der Waals surface area contributed by atoms with E-state index in [1.165, 1.54) is 4.90 Å². The van der Waals surface area contributed by atoms with Gasteiger partial charge >= 0.3 is 0 Å². The average Bonchev–Trinajstić information content (AvgIpc) is 3.02. The summed E-state index contributed by atoms with van der Waals surface area (Å²) in [5, 5.41) is 6.59. The summed E-state index contributed by atoms with van der Waals surface area (Å²) in [5.41, 5.74) is 9.64. The van der Waals surface area contributed by atoms with Crippen LogP contribution in [0.2, 0.25) is 0 Å². The number of pyridine rings is 1. The van der Waals surface area contributed by atoms with Crippen LogP contribution in [0.3, 0.4) is 0 Å². The van der Waals surface area contributed by atoms with Crippen molar-refractivity contribution >= 4 is 40.1 Å². The molecule has 2 heterocycles. The fraction of sp³-hybridized carbons (Fsp3) is 0.242. The van der Waals surface area contributed by atoms with Crippen LogP contribution in [0, 0.1) is 0 Å². The van der Waals surface area contributed by atoms with Gasteiger partial charge in [-0.25, -0.2) is 0 Å². The number of nitrogens with two attached hydrogens (primary N) is 1.